The number of carbonyl (C=O) groups excluding carboxylic acids is 1. The SMILES string of the molecule is COC(=O)c1cc2cccc(Br)c2cn1. The molecule has 0 amide bonds. The Bertz CT molecular complexity index is 525. The predicted octanol–water partition coefficient (Wildman–Crippen LogP) is 2.78. The molecule has 0 saturated heterocycles. The lowest BCUT2D eigenvalue weighted by Crippen LogP contribution is -2.03. The second kappa shape index (κ2) is 3.98. The van der Waals surface area contributed by atoms with E-state index in [0.29, 0.717) is 5.69 Å². The molecular weight excluding hydrogens is 258 g/mol. The Morgan fingerprint density at radius 1 is 1.47 bits per heavy atom. The molecule has 0 N–H and O–H groups in total. The number of fused-ring (bicyclic) bond motifs is 1. The van der Waals surface area contributed by atoms with Gasteiger partial charge >= 0.3 is 5.97 Å². The first-order valence-electron chi connectivity index (χ1n) is 4.35. The van der Waals surface area contributed by atoms with Crippen LogP contribution < -0.4 is 0 Å². The number of hydrogen-bond acceptors (Lipinski definition) is 3. The summed E-state index contributed by atoms with van der Waals surface area (Å²) in [5, 5.41) is 1.94. The van der Waals surface area contributed by atoms with Gasteiger partial charge in [-0.15, -0.1) is 0 Å². The molecule has 1 aromatic heterocycles. The van der Waals surface area contributed by atoms with E-state index in [2.05, 4.69) is 25.7 Å². The topological polar surface area (TPSA) is 39.2 Å². The van der Waals surface area contributed by atoms with Gasteiger partial charge in [0.15, 0.2) is 0 Å². The summed E-state index contributed by atoms with van der Waals surface area (Å²) in [5.74, 6) is -0.420. The zero-order valence-corrected chi connectivity index (χ0v) is 9.61. The molecule has 3 nitrogen and oxygen atoms in total. The van der Waals surface area contributed by atoms with E-state index in [1.54, 1.807) is 12.3 Å². The third-order valence-electron chi connectivity index (χ3n) is 2.11. The van der Waals surface area contributed by atoms with Gasteiger partial charge in [-0.05, 0) is 17.5 Å². The van der Waals surface area contributed by atoms with Crippen LogP contribution >= 0.6 is 15.9 Å². The molecule has 0 fully saturated rings. The molecule has 0 aliphatic heterocycles. The Morgan fingerprint density at radius 2 is 2.27 bits per heavy atom. The molecule has 0 bridgehead atoms. The monoisotopic (exact) mass is 265 g/mol. The normalized spacial score (nSPS) is 10.3. The van der Waals surface area contributed by atoms with E-state index in [9.17, 15) is 4.79 Å². The Kier molecular flexibility index (Phi) is 2.68. The summed E-state index contributed by atoms with van der Waals surface area (Å²) in [6.45, 7) is 0. The number of halogens is 1. The van der Waals surface area contributed by atoms with Gasteiger partial charge in [0, 0.05) is 16.1 Å². The molecule has 4 heteroatoms. The van der Waals surface area contributed by atoms with Gasteiger partial charge in [0.25, 0.3) is 0 Å². The van der Waals surface area contributed by atoms with E-state index in [1.807, 2.05) is 18.2 Å². The van der Waals surface area contributed by atoms with Gasteiger partial charge in [-0.3, -0.25) is 0 Å². The maximum atomic E-state index is 11.2. The Morgan fingerprint density at radius 3 is 3.00 bits per heavy atom. The van der Waals surface area contributed by atoms with Crippen LogP contribution in [0.3, 0.4) is 0 Å². The van der Waals surface area contributed by atoms with Crippen molar-refractivity contribution in [1.82, 2.24) is 4.98 Å². The number of nitrogens with zero attached hydrogens (tertiary/aromatic N) is 1. The maximum Gasteiger partial charge on any atom is 0.356 e. The number of esters is 1. The highest BCUT2D eigenvalue weighted by atomic mass is 79.9. The van der Waals surface area contributed by atoms with Crippen molar-refractivity contribution in [2.45, 2.75) is 0 Å². The van der Waals surface area contributed by atoms with Crippen molar-refractivity contribution in [2.24, 2.45) is 0 Å². The molecule has 15 heavy (non-hydrogen) atoms. The lowest BCUT2D eigenvalue weighted by molar-refractivity contribution is 0.0594. The molecule has 0 saturated carbocycles. The number of benzene rings is 1. The first-order valence-corrected chi connectivity index (χ1v) is 5.14. The molecule has 2 aromatic rings. The fourth-order valence-corrected chi connectivity index (χ4v) is 1.83. The van der Waals surface area contributed by atoms with E-state index < -0.39 is 5.97 Å². The van der Waals surface area contributed by atoms with Crippen LogP contribution in [0.25, 0.3) is 10.8 Å². The summed E-state index contributed by atoms with van der Waals surface area (Å²) in [6, 6.07) is 7.48. The van der Waals surface area contributed by atoms with E-state index in [-0.39, 0.29) is 0 Å². The van der Waals surface area contributed by atoms with Gasteiger partial charge < -0.3 is 4.74 Å². The van der Waals surface area contributed by atoms with Crippen molar-refractivity contribution in [3.05, 3.63) is 40.6 Å². The zero-order valence-electron chi connectivity index (χ0n) is 8.03. The van der Waals surface area contributed by atoms with Crippen molar-refractivity contribution in [3.8, 4) is 0 Å². The van der Waals surface area contributed by atoms with Crippen LogP contribution in [0.2, 0.25) is 0 Å². The first-order chi connectivity index (χ1) is 7.22. The minimum Gasteiger partial charge on any atom is -0.464 e. The van der Waals surface area contributed by atoms with Crippen LogP contribution in [0.4, 0.5) is 0 Å². The lowest BCUT2D eigenvalue weighted by atomic mass is 10.1. The van der Waals surface area contributed by atoms with Crippen LogP contribution in [-0.2, 0) is 4.74 Å². The number of pyridine rings is 1. The molecule has 0 aliphatic rings. The van der Waals surface area contributed by atoms with Gasteiger partial charge in [-0.2, -0.15) is 0 Å². The number of carbonyl (C=O) groups is 1. The maximum absolute atomic E-state index is 11.2. The summed E-state index contributed by atoms with van der Waals surface area (Å²) in [6.07, 6.45) is 1.66. The van der Waals surface area contributed by atoms with E-state index in [1.165, 1.54) is 7.11 Å². The third kappa shape index (κ3) is 1.85. The molecule has 0 unspecified atom stereocenters. The highest BCUT2D eigenvalue weighted by Crippen LogP contribution is 2.23. The Balaban J connectivity index is 2.62. The summed E-state index contributed by atoms with van der Waals surface area (Å²) in [4.78, 5) is 15.3. The molecule has 0 spiro atoms. The summed E-state index contributed by atoms with van der Waals surface area (Å²) < 4.78 is 5.56. The predicted molar refractivity (Wildman–Crippen MR) is 60.8 cm³/mol. The van der Waals surface area contributed by atoms with Crippen molar-refractivity contribution < 1.29 is 9.53 Å². The van der Waals surface area contributed by atoms with Crippen molar-refractivity contribution in [3.63, 3.8) is 0 Å². The minimum atomic E-state index is -0.420. The second-order valence-corrected chi connectivity index (χ2v) is 3.88. The summed E-state index contributed by atoms with van der Waals surface area (Å²) in [7, 11) is 1.34. The molecule has 0 radical (unpaired) electrons. The molecule has 0 aliphatic carbocycles. The number of methoxy groups -OCH3 is 1. The van der Waals surface area contributed by atoms with E-state index >= 15 is 0 Å². The number of ether oxygens (including phenoxy) is 1. The van der Waals surface area contributed by atoms with Crippen LogP contribution in [-0.4, -0.2) is 18.1 Å². The Hall–Kier alpha value is -1.42. The van der Waals surface area contributed by atoms with Gasteiger partial charge in [0.1, 0.15) is 5.69 Å². The largest absolute Gasteiger partial charge is 0.464 e. The van der Waals surface area contributed by atoms with Crippen LogP contribution in [0, 0.1) is 0 Å². The minimum absolute atomic E-state index is 0.322. The van der Waals surface area contributed by atoms with E-state index in [4.69, 9.17) is 0 Å². The molecular formula is C11H8BrNO2. The number of aromatic nitrogens is 1. The summed E-state index contributed by atoms with van der Waals surface area (Å²) >= 11 is 3.42. The zero-order chi connectivity index (χ0) is 10.8. The quantitative estimate of drug-likeness (QED) is 0.745. The molecule has 2 rings (SSSR count). The van der Waals surface area contributed by atoms with Gasteiger partial charge in [0.2, 0.25) is 0 Å². The highest BCUT2D eigenvalue weighted by molar-refractivity contribution is 9.10. The van der Waals surface area contributed by atoms with Crippen LogP contribution in [0.1, 0.15) is 10.5 Å². The standard InChI is InChI=1S/C11H8BrNO2/c1-15-11(14)10-5-7-3-2-4-9(12)8(7)6-13-10/h2-6H,1H3. The van der Waals surface area contributed by atoms with Gasteiger partial charge in [0.05, 0.1) is 7.11 Å². The smallest absolute Gasteiger partial charge is 0.356 e. The fourth-order valence-electron chi connectivity index (χ4n) is 1.35. The van der Waals surface area contributed by atoms with Crippen LogP contribution in [0.5, 0.6) is 0 Å². The molecule has 1 aromatic carbocycles. The average molecular weight is 266 g/mol. The molecule has 1 heterocycles. The average Bonchev–Trinajstić information content (AvgIpc) is 2.28. The van der Waals surface area contributed by atoms with Gasteiger partial charge in [-0.25, -0.2) is 9.78 Å². The second-order valence-electron chi connectivity index (χ2n) is 3.02. The molecule has 0 atom stereocenters. The highest BCUT2D eigenvalue weighted by Gasteiger charge is 2.08. The first kappa shape index (κ1) is 10.1. The number of rotatable bonds is 1. The third-order valence-corrected chi connectivity index (χ3v) is 2.80. The van der Waals surface area contributed by atoms with E-state index in [0.717, 1.165) is 15.2 Å². The lowest BCUT2D eigenvalue weighted by Gasteiger charge is -2.02. The van der Waals surface area contributed by atoms with Crippen molar-refractivity contribution in [2.75, 3.05) is 7.11 Å². The molecule has 76 valence electrons. The van der Waals surface area contributed by atoms with Crippen molar-refractivity contribution in [1.29, 1.82) is 0 Å². The summed E-state index contributed by atoms with van der Waals surface area (Å²) in [5.41, 5.74) is 0.322. The van der Waals surface area contributed by atoms with Crippen molar-refractivity contribution >= 4 is 32.7 Å². The van der Waals surface area contributed by atoms with Gasteiger partial charge in [-0.1, -0.05) is 28.1 Å². The Labute approximate surface area is 95.2 Å². The van der Waals surface area contributed by atoms with Crippen LogP contribution in [0.15, 0.2) is 34.9 Å². The fraction of sp³-hybridized carbons (Fsp3) is 0.0909. The number of hydrogen-bond donors (Lipinski definition) is 0.